The Kier molecular flexibility index (Phi) is 47.9. The van der Waals surface area contributed by atoms with E-state index in [1.54, 1.807) is 6.08 Å². The summed E-state index contributed by atoms with van der Waals surface area (Å²) in [5.74, 6) is -0.259. The molecule has 2 aliphatic rings. The number of aliphatic hydroxyl groups is 8. The molecule has 14 heteroatoms. The molecule has 2 fully saturated rings. The lowest BCUT2D eigenvalue weighted by Gasteiger charge is -2.46. The molecule has 0 aliphatic carbocycles. The Hall–Kier alpha value is -3.61. The number of allylic oxidation sites excluding steroid dienone is 19. The van der Waals surface area contributed by atoms with Gasteiger partial charge in [0.2, 0.25) is 5.91 Å². The van der Waals surface area contributed by atoms with Crippen LogP contribution in [0.2, 0.25) is 0 Å². The molecule has 1 amide bonds. The van der Waals surface area contributed by atoms with Gasteiger partial charge in [0, 0.05) is 6.42 Å². The number of hydrogen-bond donors (Lipinski definition) is 9. The number of ether oxygens (including phenoxy) is 4. The Morgan fingerprint density at radius 2 is 0.807 bits per heavy atom. The third-order valence-electron chi connectivity index (χ3n) is 14.9. The van der Waals surface area contributed by atoms with Gasteiger partial charge >= 0.3 is 0 Å². The highest BCUT2D eigenvalue weighted by molar-refractivity contribution is 5.76. The van der Waals surface area contributed by atoms with Crippen LogP contribution in [-0.2, 0) is 23.7 Å². The zero-order chi connectivity index (χ0) is 60.2. The minimum atomic E-state index is -1.80. The maximum atomic E-state index is 13.2. The fraction of sp³-hybridized carbons (Fsp3) is 0.696. The summed E-state index contributed by atoms with van der Waals surface area (Å²) >= 11 is 0. The van der Waals surface area contributed by atoms with Gasteiger partial charge in [0.15, 0.2) is 12.6 Å². The summed E-state index contributed by atoms with van der Waals surface area (Å²) in [6.45, 7) is 2.51. The molecule has 0 spiro atoms. The lowest BCUT2D eigenvalue weighted by atomic mass is 9.97. The highest BCUT2D eigenvalue weighted by atomic mass is 16.7. The molecule has 474 valence electrons. The summed E-state index contributed by atoms with van der Waals surface area (Å²) in [5, 5.41) is 86.9. The van der Waals surface area contributed by atoms with Crippen LogP contribution in [0.4, 0.5) is 0 Å². The van der Waals surface area contributed by atoms with E-state index in [9.17, 15) is 45.6 Å². The van der Waals surface area contributed by atoms with E-state index in [-0.39, 0.29) is 18.9 Å². The maximum absolute atomic E-state index is 13.2. The smallest absolute Gasteiger partial charge is 0.220 e. The van der Waals surface area contributed by atoms with E-state index in [2.05, 4.69) is 129 Å². The first-order valence-corrected chi connectivity index (χ1v) is 32.3. The predicted molar refractivity (Wildman–Crippen MR) is 336 cm³/mol. The van der Waals surface area contributed by atoms with Crippen molar-refractivity contribution in [2.24, 2.45) is 0 Å². The van der Waals surface area contributed by atoms with Crippen LogP contribution in [0, 0.1) is 0 Å². The Balaban J connectivity index is 1.57. The molecule has 14 nitrogen and oxygen atoms in total. The van der Waals surface area contributed by atoms with Crippen molar-refractivity contribution in [3.05, 3.63) is 122 Å². The van der Waals surface area contributed by atoms with E-state index in [1.165, 1.54) is 89.9 Å². The summed E-state index contributed by atoms with van der Waals surface area (Å²) in [6.07, 6.45) is 60.1. The molecule has 2 heterocycles. The largest absolute Gasteiger partial charge is 0.394 e. The fourth-order valence-corrected chi connectivity index (χ4v) is 9.78. The molecule has 2 rings (SSSR count). The molecule has 0 aromatic heterocycles. The van der Waals surface area contributed by atoms with Gasteiger partial charge in [-0.05, 0) is 96.3 Å². The quantitative estimate of drug-likeness (QED) is 0.0204. The normalized spacial score (nSPS) is 24.7. The van der Waals surface area contributed by atoms with Crippen LogP contribution < -0.4 is 5.32 Å². The number of rotatable bonds is 50. The van der Waals surface area contributed by atoms with E-state index in [0.717, 1.165) is 89.9 Å². The van der Waals surface area contributed by atoms with Gasteiger partial charge in [0.25, 0.3) is 0 Å². The van der Waals surface area contributed by atoms with Gasteiger partial charge in [0.1, 0.15) is 48.8 Å². The molecule has 0 bridgehead atoms. The summed E-state index contributed by atoms with van der Waals surface area (Å²) in [7, 11) is 0. The standard InChI is InChI=1S/C69H115NO13/c1-3-5-7-9-11-13-15-16-17-18-19-20-21-22-23-24-25-26-27-28-29-30-31-32-33-34-35-36-37-38-39-40-41-42-43-45-47-49-51-53-61(74)70-57(58(73)52-50-48-46-44-14-12-10-8-6-4-2)56-80-68-66(79)64(77)67(60(55-72)82-68)83-69-65(78)63(76)62(75)59(54-71)81-69/h5-8,11,13-14,16-17,19-20,22-23,25-26,28-29,44,50,52,57-60,62-69,71-73,75-79H,3-4,9-10,12,15,18,21,24,27,30-43,45-49,51,53-56H2,1-2H3,(H,70,74)/b7-5-,8-6+,13-11-,17-16-,20-19-,23-22-,26-25-,29-28-,44-14+,52-50+. The molecule has 12 unspecified atom stereocenters. The zero-order valence-corrected chi connectivity index (χ0v) is 51.1. The zero-order valence-electron chi connectivity index (χ0n) is 51.1. The maximum Gasteiger partial charge on any atom is 0.220 e. The van der Waals surface area contributed by atoms with Crippen LogP contribution in [0.3, 0.4) is 0 Å². The first kappa shape index (κ1) is 75.5. The van der Waals surface area contributed by atoms with Crippen LogP contribution in [0.1, 0.15) is 213 Å². The molecule has 0 aromatic rings. The molecule has 0 aromatic carbocycles. The van der Waals surface area contributed by atoms with Crippen molar-refractivity contribution in [3.63, 3.8) is 0 Å². The van der Waals surface area contributed by atoms with Crippen molar-refractivity contribution in [1.82, 2.24) is 5.32 Å². The monoisotopic (exact) mass is 1170 g/mol. The van der Waals surface area contributed by atoms with Crippen molar-refractivity contribution in [2.45, 2.75) is 286 Å². The topological polar surface area (TPSA) is 228 Å². The van der Waals surface area contributed by atoms with Crippen molar-refractivity contribution in [3.8, 4) is 0 Å². The molecular formula is C69H115NO13. The number of hydrogen-bond acceptors (Lipinski definition) is 13. The first-order chi connectivity index (χ1) is 40.6. The number of aliphatic hydroxyl groups excluding tert-OH is 8. The Morgan fingerprint density at radius 3 is 1.28 bits per heavy atom. The van der Waals surface area contributed by atoms with Gasteiger partial charge in [-0.3, -0.25) is 4.79 Å². The summed E-state index contributed by atoms with van der Waals surface area (Å²) < 4.78 is 22.7. The lowest BCUT2D eigenvalue weighted by molar-refractivity contribution is -0.359. The van der Waals surface area contributed by atoms with E-state index >= 15 is 0 Å². The van der Waals surface area contributed by atoms with E-state index in [1.807, 2.05) is 6.08 Å². The average Bonchev–Trinajstić information content (AvgIpc) is 3.47. The van der Waals surface area contributed by atoms with Crippen LogP contribution in [-0.4, -0.2) is 140 Å². The Morgan fingerprint density at radius 1 is 0.434 bits per heavy atom. The number of carbonyl (C=O) groups is 1. The minimum Gasteiger partial charge on any atom is -0.394 e. The second-order valence-electron chi connectivity index (χ2n) is 22.1. The predicted octanol–water partition coefficient (Wildman–Crippen LogP) is 12.2. The van der Waals surface area contributed by atoms with Crippen molar-refractivity contribution < 1.29 is 64.6 Å². The molecule has 83 heavy (non-hydrogen) atoms. The van der Waals surface area contributed by atoms with Gasteiger partial charge in [0.05, 0.1) is 32.0 Å². The van der Waals surface area contributed by atoms with Crippen LogP contribution in [0.15, 0.2) is 122 Å². The van der Waals surface area contributed by atoms with E-state index in [0.29, 0.717) is 12.8 Å². The molecule has 2 aliphatic heterocycles. The fourth-order valence-electron chi connectivity index (χ4n) is 9.78. The minimum absolute atomic E-state index is 0.259. The van der Waals surface area contributed by atoms with Gasteiger partial charge in [-0.25, -0.2) is 0 Å². The van der Waals surface area contributed by atoms with E-state index < -0.39 is 86.8 Å². The van der Waals surface area contributed by atoms with Gasteiger partial charge < -0.3 is 65.1 Å². The molecular weight excluding hydrogens is 1050 g/mol. The molecule has 12 atom stereocenters. The molecule has 9 N–H and O–H groups in total. The second-order valence-corrected chi connectivity index (χ2v) is 22.1. The van der Waals surface area contributed by atoms with Crippen molar-refractivity contribution in [1.29, 1.82) is 0 Å². The van der Waals surface area contributed by atoms with Crippen LogP contribution in [0.5, 0.6) is 0 Å². The van der Waals surface area contributed by atoms with E-state index in [4.69, 9.17) is 18.9 Å². The average molecular weight is 1170 g/mol. The highest BCUT2D eigenvalue weighted by Gasteiger charge is 2.51. The summed E-state index contributed by atoms with van der Waals surface area (Å²) in [6, 6.07) is -0.942. The van der Waals surface area contributed by atoms with Gasteiger partial charge in [-0.15, -0.1) is 0 Å². The first-order valence-electron chi connectivity index (χ1n) is 32.3. The van der Waals surface area contributed by atoms with Crippen molar-refractivity contribution >= 4 is 5.91 Å². The van der Waals surface area contributed by atoms with Crippen LogP contribution >= 0.6 is 0 Å². The third-order valence-corrected chi connectivity index (χ3v) is 14.9. The second kappa shape index (κ2) is 52.7. The number of nitrogens with one attached hydrogen (secondary N) is 1. The SMILES string of the molecule is CC/C=C\C/C=C\C/C=C\C/C=C\C/C=C\C/C=C\C/C=C\CCCCCCCCCCCCCCCCCCCC(=O)NC(COC1OC(CO)C(OC2OC(CO)C(O)C(O)C2O)C(O)C1O)C(O)/C=C/CC/C=C/CC/C=C/CC. The lowest BCUT2D eigenvalue weighted by Crippen LogP contribution is -2.65. The van der Waals surface area contributed by atoms with Gasteiger partial charge in [-0.2, -0.15) is 0 Å². The molecule has 2 saturated heterocycles. The summed E-state index contributed by atoms with van der Waals surface area (Å²) in [4.78, 5) is 13.2. The third kappa shape index (κ3) is 37.5. The van der Waals surface area contributed by atoms with Gasteiger partial charge in [-0.1, -0.05) is 232 Å². The number of unbranched alkanes of at least 4 members (excludes halogenated alkanes) is 19. The molecule has 0 radical (unpaired) electrons. The number of amides is 1. The Labute approximate surface area is 501 Å². The van der Waals surface area contributed by atoms with Crippen molar-refractivity contribution in [2.75, 3.05) is 19.8 Å². The molecule has 0 saturated carbocycles. The van der Waals surface area contributed by atoms with Crippen LogP contribution in [0.25, 0.3) is 0 Å². The number of carbonyl (C=O) groups excluding carboxylic acids is 1. The highest BCUT2D eigenvalue weighted by Crippen LogP contribution is 2.30. The summed E-state index contributed by atoms with van der Waals surface area (Å²) in [5.41, 5.74) is 0. The Bertz CT molecular complexity index is 1850.